The van der Waals surface area contributed by atoms with Gasteiger partial charge in [0, 0.05) is 19.3 Å². The Morgan fingerprint density at radius 1 is 1.47 bits per heavy atom. The molecule has 0 aliphatic heterocycles. The summed E-state index contributed by atoms with van der Waals surface area (Å²) in [6.07, 6.45) is 1.41. The smallest absolute Gasteiger partial charge is 0.290 e. The molecule has 0 atom stereocenters. The number of carbonyl (C=O) groups excluding carboxylic acids is 1. The number of aromatic nitrogens is 1. The summed E-state index contributed by atoms with van der Waals surface area (Å²) in [4.78, 5) is 17.4. The first-order chi connectivity index (χ1) is 8.10. The normalized spacial score (nSPS) is 10.6. The third-order valence-electron chi connectivity index (χ3n) is 2.25. The molecular formula is C11H14F2N2OS. The van der Waals surface area contributed by atoms with Crippen molar-refractivity contribution in [2.24, 2.45) is 0 Å². The van der Waals surface area contributed by atoms with Gasteiger partial charge in [-0.25, -0.2) is 4.98 Å². The fourth-order valence-corrected chi connectivity index (χ4v) is 1.99. The number of carbonyl (C=O) groups is 1. The summed E-state index contributed by atoms with van der Waals surface area (Å²) in [5.74, 6) is -2.83. The fourth-order valence-electron chi connectivity index (χ4n) is 1.41. The number of nitrogens with zero attached hydrogens (tertiary/aromatic N) is 2. The highest BCUT2D eigenvalue weighted by Gasteiger charge is 2.19. The molecule has 0 saturated heterocycles. The molecule has 3 nitrogen and oxygen atoms in total. The summed E-state index contributed by atoms with van der Waals surface area (Å²) in [5.41, 5.74) is 0.238. The lowest BCUT2D eigenvalue weighted by molar-refractivity contribution is 0.0768. The predicted octanol–water partition coefficient (Wildman–Crippen LogP) is 2.88. The molecule has 0 spiro atoms. The fraction of sp³-hybridized carbons (Fsp3) is 0.455. The first-order valence-electron chi connectivity index (χ1n) is 5.29. The van der Waals surface area contributed by atoms with Crippen LogP contribution in [0.5, 0.6) is 0 Å². The number of alkyl halides is 2. The molecule has 0 bridgehead atoms. The molecule has 0 saturated carbocycles. The lowest BCUT2D eigenvalue weighted by Crippen LogP contribution is -2.31. The largest absolute Gasteiger partial charge is 0.339 e. The van der Waals surface area contributed by atoms with E-state index in [1.165, 1.54) is 12.3 Å². The number of halogens is 2. The van der Waals surface area contributed by atoms with E-state index in [4.69, 9.17) is 0 Å². The van der Waals surface area contributed by atoms with Crippen LogP contribution in [0.3, 0.4) is 0 Å². The first-order valence-corrected chi connectivity index (χ1v) is 6.17. The van der Waals surface area contributed by atoms with E-state index in [2.05, 4.69) is 4.98 Å². The van der Waals surface area contributed by atoms with Crippen molar-refractivity contribution in [1.29, 1.82) is 0 Å². The highest BCUT2D eigenvalue weighted by atomic mass is 32.2. The van der Waals surface area contributed by atoms with Gasteiger partial charge in [0.15, 0.2) is 0 Å². The standard InChI is InChI=1S/C11H14F2N2OS/c1-3-15(4-2)10(16)8-6-5-7-14-9(8)17-11(12)13/h5-7,11H,3-4H2,1-2H3. The summed E-state index contributed by atoms with van der Waals surface area (Å²) in [7, 11) is 0. The van der Waals surface area contributed by atoms with Crippen LogP contribution < -0.4 is 0 Å². The molecule has 1 aromatic heterocycles. The third kappa shape index (κ3) is 3.66. The van der Waals surface area contributed by atoms with Crippen LogP contribution in [0.1, 0.15) is 24.2 Å². The minimum atomic E-state index is -2.58. The predicted molar refractivity (Wildman–Crippen MR) is 63.3 cm³/mol. The SMILES string of the molecule is CCN(CC)C(=O)c1cccnc1SC(F)F. The average molecular weight is 260 g/mol. The summed E-state index contributed by atoms with van der Waals surface area (Å²) < 4.78 is 24.7. The van der Waals surface area contributed by atoms with Crippen LogP contribution >= 0.6 is 11.8 Å². The Labute approximate surface area is 103 Å². The van der Waals surface area contributed by atoms with E-state index in [0.29, 0.717) is 24.9 Å². The maximum Gasteiger partial charge on any atom is 0.290 e. The number of hydrogen-bond donors (Lipinski definition) is 0. The third-order valence-corrected chi connectivity index (χ3v) is 2.98. The first kappa shape index (κ1) is 13.9. The van der Waals surface area contributed by atoms with E-state index < -0.39 is 5.76 Å². The van der Waals surface area contributed by atoms with Crippen molar-refractivity contribution in [2.45, 2.75) is 24.6 Å². The van der Waals surface area contributed by atoms with Gasteiger partial charge >= 0.3 is 0 Å². The number of rotatable bonds is 5. The summed E-state index contributed by atoms with van der Waals surface area (Å²) in [6, 6.07) is 3.10. The van der Waals surface area contributed by atoms with E-state index in [9.17, 15) is 13.6 Å². The van der Waals surface area contributed by atoms with Gasteiger partial charge in [-0.15, -0.1) is 0 Å². The van der Waals surface area contributed by atoms with Gasteiger partial charge in [-0.05, 0) is 37.7 Å². The van der Waals surface area contributed by atoms with Crippen LogP contribution in [0.25, 0.3) is 0 Å². The van der Waals surface area contributed by atoms with E-state index in [-0.39, 0.29) is 16.5 Å². The van der Waals surface area contributed by atoms with Gasteiger partial charge in [0.25, 0.3) is 11.7 Å². The second kappa shape index (κ2) is 6.54. The van der Waals surface area contributed by atoms with Gasteiger partial charge in [0.1, 0.15) is 5.03 Å². The van der Waals surface area contributed by atoms with Crippen molar-refractivity contribution in [3.8, 4) is 0 Å². The molecule has 0 aliphatic rings. The monoisotopic (exact) mass is 260 g/mol. The molecule has 0 aromatic carbocycles. The maximum absolute atomic E-state index is 12.3. The Bertz CT molecular complexity index is 383. The number of hydrogen-bond acceptors (Lipinski definition) is 3. The Kier molecular flexibility index (Phi) is 5.34. The van der Waals surface area contributed by atoms with Crippen LogP contribution in [-0.2, 0) is 0 Å². The molecular weight excluding hydrogens is 246 g/mol. The zero-order valence-electron chi connectivity index (χ0n) is 9.69. The minimum Gasteiger partial charge on any atom is -0.339 e. The van der Waals surface area contributed by atoms with Crippen LogP contribution in [0.15, 0.2) is 23.4 Å². The molecule has 1 rings (SSSR count). The lowest BCUT2D eigenvalue weighted by Gasteiger charge is -2.19. The second-order valence-electron chi connectivity index (χ2n) is 3.21. The Morgan fingerprint density at radius 2 is 2.12 bits per heavy atom. The Morgan fingerprint density at radius 3 is 2.65 bits per heavy atom. The minimum absolute atomic E-state index is 0.0828. The van der Waals surface area contributed by atoms with E-state index in [1.807, 2.05) is 13.8 Å². The quantitative estimate of drug-likeness (QED) is 0.763. The van der Waals surface area contributed by atoms with E-state index >= 15 is 0 Å². The summed E-state index contributed by atoms with van der Waals surface area (Å²) in [5, 5.41) is 0.0828. The highest BCUT2D eigenvalue weighted by molar-refractivity contribution is 7.99. The molecule has 6 heteroatoms. The van der Waals surface area contributed by atoms with Crippen molar-refractivity contribution in [2.75, 3.05) is 13.1 Å². The van der Waals surface area contributed by atoms with E-state index in [1.54, 1.807) is 11.0 Å². The molecule has 1 aromatic rings. The zero-order chi connectivity index (χ0) is 12.8. The molecule has 0 aliphatic carbocycles. The maximum atomic E-state index is 12.3. The average Bonchev–Trinajstić information content (AvgIpc) is 2.30. The van der Waals surface area contributed by atoms with E-state index in [0.717, 1.165) is 0 Å². The molecule has 17 heavy (non-hydrogen) atoms. The van der Waals surface area contributed by atoms with Crippen LogP contribution in [0.2, 0.25) is 0 Å². The molecule has 1 amide bonds. The van der Waals surface area contributed by atoms with Crippen LogP contribution in [0, 0.1) is 0 Å². The second-order valence-corrected chi connectivity index (χ2v) is 4.19. The van der Waals surface area contributed by atoms with Crippen molar-refractivity contribution in [1.82, 2.24) is 9.88 Å². The van der Waals surface area contributed by atoms with Crippen molar-refractivity contribution in [3.05, 3.63) is 23.9 Å². The van der Waals surface area contributed by atoms with Crippen molar-refractivity contribution < 1.29 is 13.6 Å². The van der Waals surface area contributed by atoms with Crippen LogP contribution in [0.4, 0.5) is 8.78 Å². The van der Waals surface area contributed by atoms with Gasteiger partial charge in [-0.1, -0.05) is 0 Å². The van der Waals surface area contributed by atoms with Gasteiger partial charge in [0.05, 0.1) is 5.56 Å². The summed E-state index contributed by atoms with van der Waals surface area (Å²) in [6.45, 7) is 4.78. The topological polar surface area (TPSA) is 33.2 Å². The molecule has 0 N–H and O–H groups in total. The Balaban J connectivity index is 2.99. The van der Waals surface area contributed by atoms with Gasteiger partial charge < -0.3 is 4.90 Å². The molecule has 0 radical (unpaired) electrons. The zero-order valence-corrected chi connectivity index (χ0v) is 10.5. The molecule has 0 fully saturated rings. The molecule has 0 unspecified atom stereocenters. The van der Waals surface area contributed by atoms with Crippen molar-refractivity contribution >= 4 is 17.7 Å². The summed E-state index contributed by atoms with van der Waals surface area (Å²) >= 11 is 0.300. The molecule has 1 heterocycles. The van der Waals surface area contributed by atoms with Gasteiger partial charge in [-0.3, -0.25) is 4.79 Å². The number of amides is 1. The Hall–Kier alpha value is -1.17. The van der Waals surface area contributed by atoms with Crippen LogP contribution in [-0.4, -0.2) is 34.6 Å². The van der Waals surface area contributed by atoms with Gasteiger partial charge in [0.2, 0.25) is 0 Å². The number of pyridine rings is 1. The lowest BCUT2D eigenvalue weighted by atomic mass is 10.2. The molecule has 94 valence electrons. The highest BCUT2D eigenvalue weighted by Crippen LogP contribution is 2.26. The van der Waals surface area contributed by atoms with Crippen molar-refractivity contribution in [3.63, 3.8) is 0 Å². The number of thioether (sulfide) groups is 1. The van der Waals surface area contributed by atoms with Gasteiger partial charge in [-0.2, -0.15) is 8.78 Å².